The van der Waals surface area contributed by atoms with E-state index < -0.39 is 17.5 Å². The van der Waals surface area contributed by atoms with E-state index in [2.05, 4.69) is 15.6 Å². The number of rotatable bonds is 8. The lowest BCUT2D eigenvalue weighted by Gasteiger charge is -2.27. The van der Waals surface area contributed by atoms with Crippen LogP contribution in [0.25, 0.3) is 11.0 Å². The predicted octanol–water partition coefficient (Wildman–Crippen LogP) is 3.90. The van der Waals surface area contributed by atoms with E-state index >= 15 is 0 Å². The number of furan rings is 1. The molecule has 0 saturated carbocycles. The van der Waals surface area contributed by atoms with Crippen molar-refractivity contribution in [1.29, 1.82) is 0 Å². The lowest BCUT2D eigenvalue weighted by molar-refractivity contribution is 0.0588. The molecule has 0 aromatic carbocycles. The minimum absolute atomic E-state index is 0.209. The molecule has 0 fully saturated rings. The number of ether oxygens (including phenoxy) is 1. The Labute approximate surface area is 186 Å². The first-order valence-electron chi connectivity index (χ1n) is 10.5. The van der Waals surface area contributed by atoms with Gasteiger partial charge in [0, 0.05) is 11.9 Å². The van der Waals surface area contributed by atoms with Crippen molar-refractivity contribution in [2.24, 2.45) is 5.92 Å². The second-order valence-electron chi connectivity index (χ2n) is 8.80. The number of anilines is 2. The van der Waals surface area contributed by atoms with E-state index in [0.29, 0.717) is 34.5 Å². The first-order chi connectivity index (χ1) is 15.0. The summed E-state index contributed by atoms with van der Waals surface area (Å²) in [6.07, 6.45) is 4.38. The second kappa shape index (κ2) is 9.04. The van der Waals surface area contributed by atoms with Gasteiger partial charge in [0.15, 0.2) is 5.69 Å². The molecule has 0 radical (unpaired) electrons. The van der Waals surface area contributed by atoms with Crippen molar-refractivity contribution >= 4 is 34.3 Å². The van der Waals surface area contributed by atoms with Crippen LogP contribution in [-0.4, -0.2) is 45.3 Å². The largest absolute Gasteiger partial charge is 0.472 e. The molecule has 3 aromatic heterocycles. The number of carbonyl (C=O) groups excluding carboxylic acids is 2. The van der Waals surface area contributed by atoms with Gasteiger partial charge in [-0.3, -0.25) is 4.79 Å². The molecule has 0 bridgehead atoms. The Bertz CT molecular complexity index is 1110. The Morgan fingerprint density at radius 1 is 1.31 bits per heavy atom. The molecule has 0 aliphatic carbocycles. The molecule has 3 aromatic rings. The highest BCUT2D eigenvalue weighted by atomic mass is 16.5. The SMILES string of the molecule is COC(=O)c1c(NC(=O)c2ccoc2)c2cc(NC(C)C(C)(C)O)cnc2n1CC(C)C. The summed E-state index contributed by atoms with van der Waals surface area (Å²) in [5.74, 6) is -0.789. The smallest absolute Gasteiger partial charge is 0.356 e. The first-order valence-corrected chi connectivity index (χ1v) is 10.5. The zero-order valence-electron chi connectivity index (χ0n) is 19.2. The van der Waals surface area contributed by atoms with Crippen molar-refractivity contribution in [1.82, 2.24) is 9.55 Å². The van der Waals surface area contributed by atoms with Crippen LogP contribution in [0.15, 0.2) is 35.3 Å². The normalized spacial score (nSPS) is 12.8. The third-order valence-corrected chi connectivity index (χ3v) is 5.29. The molecule has 172 valence electrons. The fraction of sp³-hybridized carbons (Fsp3) is 0.435. The summed E-state index contributed by atoms with van der Waals surface area (Å²) in [5.41, 5.74) is 1.07. The summed E-state index contributed by atoms with van der Waals surface area (Å²) in [6, 6.07) is 3.07. The summed E-state index contributed by atoms with van der Waals surface area (Å²) in [4.78, 5) is 30.2. The van der Waals surface area contributed by atoms with E-state index in [1.165, 1.54) is 25.7 Å². The summed E-state index contributed by atoms with van der Waals surface area (Å²) < 4.78 is 11.8. The van der Waals surface area contributed by atoms with Gasteiger partial charge in [-0.15, -0.1) is 0 Å². The van der Waals surface area contributed by atoms with Gasteiger partial charge in [-0.1, -0.05) is 13.8 Å². The molecule has 9 nitrogen and oxygen atoms in total. The molecule has 0 spiro atoms. The molecule has 9 heteroatoms. The van der Waals surface area contributed by atoms with Crippen LogP contribution in [0.5, 0.6) is 0 Å². The molecule has 1 unspecified atom stereocenters. The number of nitrogens with zero attached hydrogens (tertiary/aromatic N) is 2. The van der Waals surface area contributed by atoms with Gasteiger partial charge in [-0.05, 0) is 38.8 Å². The fourth-order valence-electron chi connectivity index (χ4n) is 3.29. The number of carbonyl (C=O) groups is 2. The number of pyridine rings is 1. The highest BCUT2D eigenvalue weighted by Gasteiger charge is 2.28. The molecule has 0 aliphatic heterocycles. The van der Waals surface area contributed by atoms with Crippen LogP contribution >= 0.6 is 0 Å². The van der Waals surface area contributed by atoms with Crippen LogP contribution in [0.1, 0.15) is 55.5 Å². The van der Waals surface area contributed by atoms with E-state index in [1.807, 2.05) is 20.8 Å². The number of amides is 1. The van der Waals surface area contributed by atoms with Crippen LogP contribution in [0, 0.1) is 5.92 Å². The van der Waals surface area contributed by atoms with E-state index in [0.717, 1.165) is 0 Å². The Morgan fingerprint density at radius 2 is 2.03 bits per heavy atom. The number of fused-ring (bicyclic) bond motifs is 1. The van der Waals surface area contributed by atoms with Crippen LogP contribution in [-0.2, 0) is 11.3 Å². The topological polar surface area (TPSA) is 119 Å². The van der Waals surface area contributed by atoms with Crippen LogP contribution in [0.3, 0.4) is 0 Å². The molecule has 32 heavy (non-hydrogen) atoms. The lowest BCUT2D eigenvalue weighted by Crippen LogP contribution is -2.39. The van der Waals surface area contributed by atoms with Crippen molar-refractivity contribution in [2.45, 2.75) is 52.8 Å². The van der Waals surface area contributed by atoms with Gasteiger partial charge < -0.3 is 29.5 Å². The highest BCUT2D eigenvalue weighted by Crippen LogP contribution is 2.34. The minimum atomic E-state index is -0.964. The van der Waals surface area contributed by atoms with Crippen LogP contribution < -0.4 is 10.6 Å². The van der Waals surface area contributed by atoms with Gasteiger partial charge in [0.25, 0.3) is 5.91 Å². The molecule has 3 rings (SSSR count). The van der Waals surface area contributed by atoms with E-state index in [4.69, 9.17) is 9.15 Å². The third kappa shape index (κ3) is 4.77. The van der Waals surface area contributed by atoms with Gasteiger partial charge in [0.1, 0.15) is 11.9 Å². The minimum Gasteiger partial charge on any atom is -0.472 e. The number of aromatic nitrogens is 2. The Hall–Kier alpha value is -3.33. The summed E-state index contributed by atoms with van der Waals surface area (Å²) in [5, 5.41) is 16.9. The number of esters is 1. The average molecular weight is 443 g/mol. The molecule has 1 amide bonds. The van der Waals surface area contributed by atoms with Gasteiger partial charge >= 0.3 is 5.97 Å². The molecule has 3 heterocycles. The maximum Gasteiger partial charge on any atom is 0.356 e. The van der Waals surface area contributed by atoms with Crippen molar-refractivity contribution in [2.75, 3.05) is 17.7 Å². The van der Waals surface area contributed by atoms with Crippen molar-refractivity contribution < 1.29 is 23.8 Å². The fourth-order valence-corrected chi connectivity index (χ4v) is 3.29. The van der Waals surface area contributed by atoms with Crippen molar-refractivity contribution in [3.8, 4) is 0 Å². The molecular weight excluding hydrogens is 412 g/mol. The number of hydrogen-bond acceptors (Lipinski definition) is 7. The molecule has 3 N–H and O–H groups in total. The number of nitrogens with one attached hydrogen (secondary N) is 2. The van der Waals surface area contributed by atoms with E-state index in [9.17, 15) is 14.7 Å². The summed E-state index contributed by atoms with van der Waals surface area (Å²) in [7, 11) is 1.30. The van der Waals surface area contributed by atoms with E-state index in [1.54, 1.807) is 30.7 Å². The maximum absolute atomic E-state index is 12.8. The molecule has 0 saturated heterocycles. The van der Waals surface area contributed by atoms with Crippen LogP contribution in [0.4, 0.5) is 11.4 Å². The Balaban J connectivity index is 2.18. The summed E-state index contributed by atoms with van der Waals surface area (Å²) >= 11 is 0. The predicted molar refractivity (Wildman–Crippen MR) is 122 cm³/mol. The molecule has 0 aliphatic rings. The molecule has 1 atom stereocenters. The number of methoxy groups -OCH3 is 1. The third-order valence-electron chi connectivity index (χ3n) is 5.29. The Kier molecular flexibility index (Phi) is 6.59. The van der Waals surface area contributed by atoms with Gasteiger partial charge in [-0.25, -0.2) is 9.78 Å². The first kappa shape index (κ1) is 23.3. The quantitative estimate of drug-likeness (QED) is 0.453. The van der Waals surface area contributed by atoms with Crippen LogP contribution in [0.2, 0.25) is 0 Å². The number of aliphatic hydroxyl groups is 1. The Morgan fingerprint density at radius 3 is 2.59 bits per heavy atom. The molecular formula is C23H30N4O5. The zero-order chi connectivity index (χ0) is 23.6. The number of hydrogen-bond donors (Lipinski definition) is 3. The zero-order valence-corrected chi connectivity index (χ0v) is 19.2. The van der Waals surface area contributed by atoms with E-state index in [-0.39, 0.29) is 17.7 Å². The van der Waals surface area contributed by atoms with Gasteiger partial charge in [-0.2, -0.15) is 0 Å². The standard InChI is InChI=1S/C23H30N4O5/c1-13(2)11-27-19(22(29)31-6)18(26-21(28)15-7-8-32-12-15)17-9-16(10-24-20(17)27)25-14(3)23(4,5)30/h7-10,12-14,25,30H,11H2,1-6H3,(H,26,28). The van der Waals surface area contributed by atoms with Crippen molar-refractivity contribution in [3.05, 3.63) is 42.1 Å². The second-order valence-corrected chi connectivity index (χ2v) is 8.80. The summed E-state index contributed by atoms with van der Waals surface area (Å²) in [6.45, 7) is 9.83. The monoisotopic (exact) mass is 442 g/mol. The van der Waals surface area contributed by atoms with Gasteiger partial charge in [0.2, 0.25) is 0 Å². The van der Waals surface area contributed by atoms with Gasteiger partial charge in [0.05, 0.1) is 48.2 Å². The average Bonchev–Trinajstić information content (AvgIpc) is 3.34. The highest BCUT2D eigenvalue weighted by molar-refractivity contribution is 6.14. The maximum atomic E-state index is 12.8. The van der Waals surface area contributed by atoms with Crippen molar-refractivity contribution in [3.63, 3.8) is 0 Å². The lowest BCUT2D eigenvalue weighted by atomic mass is 10.0.